The second-order valence-corrected chi connectivity index (χ2v) is 5.49. The van der Waals surface area contributed by atoms with E-state index >= 15 is 0 Å². The molecule has 0 radical (unpaired) electrons. The van der Waals surface area contributed by atoms with Crippen LogP contribution in [0.3, 0.4) is 0 Å². The van der Waals surface area contributed by atoms with Crippen molar-refractivity contribution in [3.63, 3.8) is 0 Å². The summed E-state index contributed by atoms with van der Waals surface area (Å²) in [5.41, 5.74) is 0.655. The molecule has 0 bridgehead atoms. The molecule has 0 aromatic heterocycles. The molecule has 1 aromatic rings. The van der Waals surface area contributed by atoms with Crippen LogP contribution < -0.4 is 5.32 Å². The molecule has 0 spiro atoms. The van der Waals surface area contributed by atoms with Crippen LogP contribution in [-0.4, -0.2) is 11.4 Å². The lowest BCUT2D eigenvalue weighted by Gasteiger charge is -2.07. The second-order valence-electron chi connectivity index (χ2n) is 2.99. The molecule has 0 aliphatic rings. The van der Waals surface area contributed by atoms with Crippen LogP contribution in [0.5, 0.6) is 0 Å². The van der Waals surface area contributed by atoms with E-state index in [9.17, 15) is 4.39 Å². The molecule has 0 aliphatic heterocycles. The van der Waals surface area contributed by atoms with Crippen LogP contribution >= 0.6 is 43.6 Å². The fraction of sp³-hybridized carbons (Fsp3) is 0.200. The van der Waals surface area contributed by atoms with E-state index in [0.29, 0.717) is 19.7 Å². The molecular formula is C10H8Br2FN3S. The van der Waals surface area contributed by atoms with Crippen LogP contribution in [0.25, 0.3) is 0 Å². The van der Waals surface area contributed by atoms with Gasteiger partial charge in [0.2, 0.25) is 0 Å². The summed E-state index contributed by atoms with van der Waals surface area (Å²) in [4.78, 5) is 4.07. The molecule has 0 unspecified atom stereocenters. The largest absolute Gasteiger partial charge is 0.271 e. The third-order valence-electron chi connectivity index (χ3n) is 1.94. The van der Waals surface area contributed by atoms with Crippen molar-refractivity contribution in [3.05, 3.63) is 26.4 Å². The Morgan fingerprint density at radius 2 is 2.18 bits per heavy atom. The van der Waals surface area contributed by atoms with E-state index in [1.54, 1.807) is 25.4 Å². The molecule has 0 atom stereocenters. The van der Waals surface area contributed by atoms with Crippen LogP contribution in [0.4, 0.5) is 10.1 Å². The number of nitrogens with zero attached hydrogens (tertiary/aromatic N) is 2. The third-order valence-corrected chi connectivity index (χ3v) is 3.95. The molecule has 1 aromatic carbocycles. The highest BCUT2D eigenvalue weighted by Gasteiger charge is 2.13. The topological polar surface area (TPSA) is 48.2 Å². The molecule has 0 aliphatic carbocycles. The predicted molar refractivity (Wildman–Crippen MR) is 75.9 cm³/mol. The summed E-state index contributed by atoms with van der Waals surface area (Å²) in [6.07, 6.45) is 3.51. The molecular weight excluding hydrogens is 373 g/mol. The van der Waals surface area contributed by atoms with Gasteiger partial charge in [0.1, 0.15) is 5.69 Å². The van der Waals surface area contributed by atoms with E-state index in [1.165, 1.54) is 11.8 Å². The fourth-order valence-corrected chi connectivity index (χ4v) is 2.58. The van der Waals surface area contributed by atoms with Crippen molar-refractivity contribution >= 4 is 54.5 Å². The lowest BCUT2D eigenvalue weighted by molar-refractivity contribution is 0.618. The van der Waals surface area contributed by atoms with Gasteiger partial charge in [-0.05, 0) is 35.2 Å². The molecule has 17 heavy (non-hydrogen) atoms. The van der Waals surface area contributed by atoms with Gasteiger partial charge >= 0.3 is 0 Å². The molecule has 0 heterocycles. The first-order valence-corrected chi connectivity index (χ1v) is 7.24. The summed E-state index contributed by atoms with van der Waals surface area (Å²) in [6.45, 7) is 1.65. The average Bonchev–Trinajstić information content (AvgIpc) is 2.30. The van der Waals surface area contributed by atoms with E-state index in [4.69, 9.17) is 5.26 Å². The molecule has 0 saturated carbocycles. The highest BCUT2D eigenvalue weighted by molar-refractivity contribution is 9.11. The summed E-state index contributed by atoms with van der Waals surface area (Å²) in [5, 5.41) is 11.2. The summed E-state index contributed by atoms with van der Waals surface area (Å²) in [7, 11) is 0. The Kier molecular flexibility index (Phi) is 5.43. The molecule has 0 fully saturated rings. The number of hydrogen-bond acceptors (Lipinski definition) is 3. The summed E-state index contributed by atoms with van der Waals surface area (Å²) in [5.74, 6) is -0.419. The summed E-state index contributed by atoms with van der Waals surface area (Å²) in [6, 6.07) is 1.72. The van der Waals surface area contributed by atoms with Gasteiger partial charge in [0.05, 0.1) is 0 Å². The first-order valence-electron chi connectivity index (χ1n) is 4.43. The van der Waals surface area contributed by atoms with Gasteiger partial charge in [-0.2, -0.15) is 5.26 Å². The number of nitrogens with one attached hydrogen (secondary N) is 1. The molecule has 90 valence electrons. The average molecular weight is 381 g/mol. The Hall–Kier alpha value is -0.580. The van der Waals surface area contributed by atoms with Gasteiger partial charge in [0, 0.05) is 14.5 Å². The predicted octanol–water partition coefficient (Wildman–Crippen LogP) is 4.08. The molecule has 0 amide bonds. The van der Waals surface area contributed by atoms with Crippen LogP contribution in [0.1, 0.15) is 5.56 Å². The maximum absolute atomic E-state index is 14.0. The van der Waals surface area contributed by atoms with Crippen LogP contribution in [0.2, 0.25) is 0 Å². The Balaban J connectivity index is 3.33. The summed E-state index contributed by atoms with van der Waals surface area (Å²) < 4.78 is 15.2. The number of thioether (sulfide) groups is 1. The van der Waals surface area contributed by atoms with E-state index in [2.05, 4.69) is 42.2 Å². The minimum absolute atomic E-state index is 0.179. The van der Waals surface area contributed by atoms with Gasteiger partial charge in [0.15, 0.2) is 17.2 Å². The second kappa shape index (κ2) is 6.38. The SMILES string of the molecule is CSC(=Nc1c(Br)cc(Br)c(C)c1F)NC#N. The number of nitriles is 1. The van der Waals surface area contributed by atoms with E-state index < -0.39 is 5.82 Å². The highest BCUT2D eigenvalue weighted by atomic mass is 79.9. The smallest absolute Gasteiger partial charge is 0.183 e. The zero-order valence-electron chi connectivity index (χ0n) is 9.01. The quantitative estimate of drug-likeness (QED) is 0.345. The molecule has 0 saturated heterocycles. The zero-order chi connectivity index (χ0) is 13.0. The Morgan fingerprint density at radius 1 is 1.53 bits per heavy atom. The Bertz CT molecular complexity index is 511. The number of amidine groups is 1. The van der Waals surface area contributed by atoms with E-state index in [0.717, 1.165) is 0 Å². The Labute approximate surface area is 120 Å². The van der Waals surface area contributed by atoms with Crippen LogP contribution in [0.15, 0.2) is 20.0 Å². The van der Waals surface area contributed by atoms with Crippen molar-refractivity contribution < 1.29 is 4.39 Å². The van der Waals surface area contributed by atoms with Crippen molar-refractivity contribution in [2.45, 2.75) is 6.92 Å². The number of aliphatic imine (C=N–C) groups is 1. The molecule has 1 N–H and O–H groups in total. The first kappa shape index (κ1) is 14.5. The van der Waals surface area contributed by atoms with Gasteiger partial charge in [-0.1, -0.05) is 27.7 Å². The maximum Gasteiger partial charge on any atom is 0.183 e. The van der Waals surface area contributed by atoms with Gasteiger partial charge in [-0.3, -0.25) is 5.32 Å². The monoisotopic (exact) mass is 379 g/mol. The van der Waals surface area contributed by atoms with Crippen LogP contribution in [-0.2, 0) is 0 Å². The van der Waals surface area contributed by atoms with Crippen molar-refractivity contribution in [1.82, 2.24) is 5.32 Å². The van der Waals surface area contributed by atoms with Gasteiger partial charge < -0.3 is 0 Å². The minimum atomic E-state index is -0.419. The fourth-order valence-electron chi connectivity index (χ4n) is 1.05. The normalized spacial score (nSPS) is 11.2. The number of rotatable bonds is 1. The lowest BCUT2D eigenvalue weighted by Crippen LogP contribution is -2.12. The third kappa shape index (κ3) is 3.44. The van der Waals surface area contributed by atoms with Gasteiger partial charge in [0.25, 0.3) is 0 Å². The Morgan fingerprint density at radius 3 is 2.71 bits per heavy atom. The van der Waals surface area contributed by atoms with E-state index in [-0.39, 0.29) is 5.69 Å². The zero-order valence-corrected chi connectivity index (χ0v) is 13.0. The van der Waals surface area contributed by atoms with Crippen molar-refractivity contribution in [3.8, 4) is 6.19 Å². The van der Waals surface area contributed by atoms with E-state index in [1.807, 2.05) is 0 Å². The van der Waals surface area contributed by atoms with Crippen molar-refractivity contribution in [1.29, 1.82) is 5.26 Å². The van der Waals surface area contributed by atoms with Crippen molar-refractivity contribution in [2.75, 3.05) is 6.26 Å². The molecule has 1 rings (SSSR count). The lowest BCUT2D eigenvalue weighted by atomic mass is 10.2. The number of halogens is 3. The summed E-state index contributed by atoms with van der Waals surface area (Å²) >= 11 is 7.73. The van der Waals surface area contributed by atoms with Gasteiger partial charge in [-0.15, -0.1) is 0 Å². The van der Waals surface area contributed by atoms with Crippen LogP contribution in [0, 0.1) is 24.2 Å². The van der Waals surface area contributed by atoms with Gasteiger partial charge in [-0.25, -0.2) is 9.38 Å². The van der Waals surface area contributed by atoms with Crippen molar-refractivity contribution in [2.24, 2.45) is 4.99 Å². The number of hydrogen-bond donors (Lipinski definition) is 1. The molecule has 3 nitrogen and oxygen atoms in total. The first-order chi connectivity index (χ1) is 8.01. The minimum Gasteiger partial charge on any atom is -0.271 e. The number of benzene rings is 1. The standard InChI is InChI=1S/C10H8Br2FN3S/c1-5-6(11)3-7(12)9(8(5)13)16-10(17-2)15-4-14/h3H,1-2H3,(H,15,16). The molecule has 7 heteroatoms. The maximum atomic E-state index is 14.0. The highest BCUT2D eigenvalue weighted by Crippen LogP contribution is 2.35.